The van der Waals surface area contributed by atoms with E-state index in [0.717, 1.165) is 9.91 Å². The van der Waals surface area contributed by atoms with Gasteiger partial charge in [0.25, 0.3) is 0 Å². The molecule has 1 aliphatic rings. The summed E-state index contributed by atoms with van der Waals surface area (Å²) < 4.78 is 0. The van der Waals surface area contributed by atoms with Crippen LogP contribution in [0.4, 0.5) is 4.79 Å². The van der Waals surface area contributed by atoms with E-state index < -0.39 is 24.1 Å². The van der Waals surface area contributed by atoms with Crippen LogP contribution in [0.2, 0.25) is 0 Å². The number of aromatic nitrogens is 1. The molecule has 0 unspecified atom stereocenters. The van der Waals surface area contributed by atoms with Crippen LogP contribution in [0.3, 0.4) is 0 Å². The Bertz CT molecular complexity index is 451. The summed E-state index contributed by atoms with van der Waals surface area (Å²) in [6.45, 7) is 0.450. The van der Waals surface area contributed by atoms with Gasteiger partial charge in [0.1, 0.15) is 6.04 Å². The maximum absolute atomic E-state index is 11.9. The van der Waals surface area contributed by atoms with Crippen LogP contribution in [-0.4, -0.2) is 57.3 Å². The molecule has 3 N–H and O–H groups in total. The minimum Gasteiger partial charge on any atom is -0.480 e. The monoisotopic (exact) mass is 285 g/mol. The van der Waals surface area contributed by atoms with E-state index in [0.29, 0.717) is 13.0 Å². The molecule has 0 aromatic carbocycles. The molecule has 0 radical (unpaired) electrons. The lowest BCUT2D eigenvalue weighted by atomic mass is 10.2. The Morgan fingerprint density at radius 1 is 1.58 bits per heavy atom. The molecule has 0 saturated carbocycles. The lowest BCUT2D eigenvalue weighted by Crippen LogP contribution is -2.46. The largest absolute Gasteiger partial charge is 0.480 e. The second-order valence-corrected chi connectivity index (χ2v) is 5.28. The van der Waals surface area contributed by atoms with E-state index in [1.807, 2.05) is 5.38 Å². The lowest BCUT2D eigenvalue weighted by Gasteiger charge is -2.21. The van der Waals surface area contributed by atoms with Crippen LogP contribution in [-0.2, 0) is 11.2 Å². The Morgan fingerprint density at radius 2 is 2.37 bits per heavy atom. The van der Waals surface area contributed by atoms with Crippen LogP contribution in [0, 0.1) is 0 Å². The third kappa shape index (κ3) is 3.42. The van der Waals surface area contributed by atoms with E-state index in [9.17, 15) is 14.7 Å². The van der Waals surface area contributed by atoms with E-state index in [4.69, 9.17) is 5.11 Å². The minimum absolute atomic E-state index is 0.0556. The maximum Gasteiger partial charge on any atom is 0.326 e. The van der Waals surface area contributed by atoms with Gasteiger partial charge < -0.3 is 20.4 Å². The molecule has 2 heterocycles. The summed E-state index contributed by atoms with van der Waals surface area (Å²) in [5.74, 6) is -1.09. The summed E-state index contributed by atoms with van der Waals surface area (Å²) in [5, 5.41) is 23.9. The first-order valence-electron chi connectivity index (χ1n) is 5.91. The summed E-state index contributed by atoms with van der Waals surface area (Å²) in [6.07, 6.45) is 1.61. The van der Waals surface area contributed by atoms with Crippen molar-refractivity contribution in [1.82, 2.24) is 15.2 Å². The molecule has 104 valence electrons. The number of hydrogen-bond donors (Lipinski definition) is 3. The van der Waals surface area contributed by atoms with Gasteiger partial charge in [-0.05, 0) is 0 Å². The lowest BCUT2D eigenvalue weighted by molar-refractivity contribution is -0.141. The molecular weight excluding hydrogens is 270 g/mol. The molecule has 7 nitrogen and oxygen atoms in total. The van der Waals surface area contributed by atoms with Crippen molar-refractivity contribution in [3.05, 3.63) is 16.6 Å². The first-order valence-corrected chi connectivity index (χ1v) is 6.79. The Kier molecular flexibility index (Phi) is 4.33. The van der Waals surface area contributed by atoms with Crippen LogP contribution in [0.5, 0.6) is 0 Å². The fourth-order valence-corrected chi connectivity index (χ4v) is 2.65. The zero-order valence-electron chi connectivity index (χ0n) is 10.2. The molecule has 1 aromatic rings. The fraction of sp³-hybridized carbons (Fsp3) is 0.545. The SMILES string of the molecule is O=C(O)[C@@H]1C[C@H](O)CN1C(=O)NCCc1nccs1. The quantitative estimate of drug-likeness (QED) is 0.717. The van der Waals surface area contributed by atoms with Crippen molar-refractivity contribution in [3.63, 3.8) is 0 Å². The smallest absolute Gasteiger partial charge is 0.326 e. The number of urea groups is 1. The molecule has 19 heavy (non-hydrogen) atoms. The number of hydrogen-bond acceptors (Lipinski definition) is 5. The number of amides is 2. The first-order chi connectivity index (χ1) is 9.08. The number of nitrogens with one attached hydrogen (secondary N) is 1. The number of aliphatic carboxylic acids is 1. The predicted octanol–water partition coefficient (Wildman–Crippen LogP) is -0.0850. The Balaban J connectivity index is 1.83. The zero-order valence-corrected chi connectivity index (χ0v) is 11.0. The second kappa shape index (κ2) is 5.98. The van der Waals surface area contributed by atoms with Gasteiger partial charge in [-0.15, -0.1) is 11.3 Å². The number of aliphatic hydroxyl groups is 1. The van der Waals surface area contributed by atoms with Gasteiger partial charge >= 0.3 is 12.0 Å². The van der Waals surface area contributed by atoms with E-state index >= 15 is 0 Å². The fourth-order valence-electron chi connectivity index (χ4n) is 2.03. The summed E-state index contributed by atoms with van der Waals surface area (Å²) in [7, 11) is 0. The average Bonchev–Trinajstić information content (AvgIpc) is 2.98. The molecule has 0 spiro atoms. The van der Waals surface area contributed by atoms with E-state index in [1.54, 1.807) is 6.20 Å². The van der Waals surface area contributed by atoms with Gasteiger partial charge in [-0.1, -0.05) is 0 Å². The number of rotatable bonds is 4. The highest BCUT2D eigenvalue weighted by molar-refractivity contribution is 7.09. The second-order valence-electron chi connectivity index (χ2n) is 4.30. The van der Waals surface area contributed by atoms with Gasteiger partial charge in [-0.25, -0.2) is 14.6 Å². The van der Waals surface area contributed by atoms with Crippen molar-refractivity contribution in [2.24, 2.45) is 0 Å². The van der Waals surface area contributed by atoms with E-state index in [-0.39, 0.29) is 13.0 Å². The number of β-amino-alcohol motifs (C(OH)–C–C–N with tert-alkyl or cyclic N) is 1. The Hall–Kier alpha value is -1.67. The van der Waals surface area contributed by atoms with Crippen LogP contribution < -0.4 is 5.32 Å². The summed E-state index contributed by atoms with van der Waals surface area (Å²) >= 11 is 1.50. The number of carboxylic acid groups (broad SMARTS) is 1. The molecule has 2 atom stereocenters. The number of carbonyl (C=O) groups is 2. The highest BCUT2D eigenvalue weighted by atomic mass is 32.1. The number of aliphatic hydroxyl groups excluding tert-OH is 1. The third-order valence-corrected chi connectivity index (χ3v) is 3.76. The van der Waals surface area contributed by atoms with Crippen LogP contribution in [0.15, 0.2) is 11.6 Å². The van der Waals surface area contributed by atoms with Crippen LogP contribution in [0.25, 0.3) is 0 Å². The molecule has 2 amide bonds. The van der Waals surface area contributed by atoms with Crippen molar-refractivity contribution in [1.29, 1.82) is 0 Å². The Labute approximate surface area is 113 Å². The Morgan fingerprint density at radius 3 is 3.00 bits per heavy atom. The van der Waals surface area contributed by atoms with Gasteiger partial charge in [0.2, 0.25) is 0 Å². The molecule has 1 aromatic heterocycles. The molecule has 2 rings (SSSR count). The van der Waals surface area contributed by atoms with Crippen LogP contribution >= 0.6 is 11.3 Å². The number of nitrogens with zero attached hydrogens (tertiary/aromatic N) is 2. The summed E-state index contributed by atoms with van der Waals surface area (Å²) in [5.41, 5.74) is 0. The van der Waals surface area contributed by atoms with Gasteiger partial charge in [-0.2, -0.15) is 0 Å². The van der Waals surface area contributed by atoms with Crippen molar-refractivity contribution >= 4 is 23.3 Å². The molecule has 8 heteroatoms. The van der Waals surface area contributed by atoms with Gasteiger partial charge in [0.15, 0.2) is 0 Å². The number of thiazole rings is 1. The van der Waals surface area contributed by atoms with E-state index in [1.165, 1.54) is 11.3 Å². The van der Waals surface area contributed by atoms with Crippen LogP contribution in [0.1, 0.15) is 11.4 Å². The molecule has 1 fully saturated rings. The highest BCUT2D eigenvalue weighted by Crippen LogP contribution is 2.18. The van der Waals surface area contributed by atoms with Gasteiger partial charge in [0.05, 0.1) is 11.1 Å². The first kappa shape index (κ1) is 13.8. The highest BCUT2D eigenvalue weighted by Gasteiger charge is 2.38. The predicted molar refractivity (Wildman–Crippen MR) is 68.0 cm³/mol. The van der Waals surface area contributed by atoms with E-state index in [2.05, 4.69) is 10.3 Å². The standard InChI is InChI=1S/C11H15N3O4S/c15-7-5-8(10(16)17)14(6-7)11(18)13-2-1-9-12-3-4-19-9/h3-4,7-8,15H,1-2,5-6H2,(H,13,18)(H,16,17)/t7-,8-/m0/s1. The molecule has 1 aliphatic heterocycles. The number of likely N-dealkylation sites (tertiary alicyclic amines) is 1. The molecule has 1 saturated heterocycles. The summed E-state index contributed by atoms with van der Waals surface area (Å²) in [6, 6.07) is -1.41. The molecular formula is C11H15N3O4S. The van der Waals surface area contributed by atoms with Crippen molar-refractivity contribution in [3.8, 4) is 0 Å². The molecule has 0 bridgehead atoms. The maximum atomic E-state index is 11.9. The zero-order chi connectivity index (χ0) is 13.8. The molecule has 0 aliphatic carbocycles. The number of carboxylic acids is 1. The van der Waals surface area contributed by atoms with Gasteiger partial charge in [0, 0.05) is 37.5 Å². The summed E-state index contributed by atoms with van der Waals surface area (Å²) in [4.78, 5) is 28.1. The van der Waals surface area contributed by atoms with Crippen molar-refractivity contribution < 1.29 is 19.8 Å². The third-order valence-electron chi connectivity index (χ3n) is 2.92. The minimum atomic E-state index is -1.09. The number of carbonyl (C=O) groups excluding carboxylic acids is 1. The topological polar surface area (TPSA) is 103 Å². The van der Waals surface area contributed by atoms with Gasteiger partial charge in [-0.3, -0.25) is 0 Å². The normalized spacial score (nSPS) is 22.5. The van der Waals surface area contributed by atoms with Crippen molar-refractivity contribution in [2.45, 2.75) is 25.0 Å². The van der Waals surface area contributed by atoms with Crippen molar-refractivity contribution in [2.75, 3.05) is 13.1 Å². The average molecular weight is 285 g/mol.